The molecule has 0 aliphatic carbocycles. The van der Waals surface area contributed by atoms with Crippen molar-refractivity contribution in [2.75, 3.05) is 6.61 Å². The highest BCUT2D eigenvalue weighted by molar-refractivity contribution is 6.43. The van der Waals surface area contributed by atoms with Crippen molar-refractivity contribution in [1.82, 2.24) is 0 Å². The van der Waals surface area contributed by atoms with Crippen LogP contribution in [0.4, 0.5) is 8.78 Å². The Bertz CT molecular complexity index is 448. The molecule has 0 saturated heterocycles. The Morgan fingerprint density at radius 2 is 2.00 bits per heavy atom. The van der Waals surface area contributed by atoms with E-state index in [0.29, 0.717) is 6.07 Å². The molecular weight excluding hydrogens is 254 g/mol. The smallest absolute Gasteiger partial charge is 0.332 e. The molecule has 0 radical (unpaired) electrons. The van der Waals surface area contributed by atoms with Crippen molar-refractivity contribution in [3.8, 4) is 0 Å². The monoisotopic (exact) mass is 262 g/mol. The first-order chi connectivity index (χ1) is 7.97. The molecule has 0 spiro atoms. The van der Waals surface area contributed by atoms with Gasteiger partial charge in [0.05, 0.1) is 6.61 Å². The number of benzene rings is 1. The van der Waals surface area contributed by atoms with Gasteiger partial charge in [-0.25, -0.2) is 13.6 Å². The Labute approximate surface area is 101 Å². The molecule has 1 atom stereocenters. The lowest BCUT2D eigenvalue weighted by atomic mass is 10.1. The van der Waals surface area contributed by atoms with E-state index >= 15 is 0 Å². The molecule has 0 heterocycles. The van der Waals surface area contributed by atoms with Crippen molar-refractivity contribution in [1.29, 1.82) is 0 Å². The number of Topliss-reactive ketones (excluding diaryl/α,β-unsaturated/α-hetero) is 1. The Balaban J connectivity index is 2.89. The summed E-state index contributed by atoms with van der Waals surface area (Å²) in [6.07, 6.45) is 0. The maximum absolute atomic E-state index is 12.9. The van der Waals surface area contributed by atoms with E-state index in [0.717, 1.165) is 12.1 Å². The van der Waals surface area contributed by atoms with Gasteiger partial charge < -0.3 is 4.74 Å². The van der Waals surface area contributed by atoms with Crippen molar-refractivity contribution in [2.45, 2.75) is 12.3 Å². The zero-order valence-electron chi connectivity index (χ0n) is 8.88. The Morgan fingerprint density at radius 3 is 2.53 bits per heavy atom. The van der Waals surface area contributed by atoms with E-state index in [1.807, 2.05) is 0 Å². The highest BCUT2D eigenvalue weighted by Crippen LogP contribution is 2.14. The molecule has 1 aromatic rings. The van der Waals surface area contributed by atoms with Crippen LogP contribution in [0.5, 0.6) is 0 Å². The number of carbonyl (C=O) groups excluding carboxylic acids is 2. The van der Waals surface area contributed by atoms with Gasteiger partial charge in [0.15, 0.2) is 22.8 Å². The second-order valence-corrected chi connectivity index (χ2v) is 3.54. The molecule has 0 N–H and O–H groups in total. The predicted molar refractivity (Wildman–Crippen MR) is 57.0 cm³/mol. The first-order valence-electron chi connectivity index (χ1n) is 4.77. The zero-order chi connectivity index (χ0) is 13.0. The van der Waals surface area contributed by atoms with Crippen LogP contribution >= 0.6 is 11.6 Å². The SMILES string of the molecule is CCOC(=O)C(Cl)C(=O)c1ccc(F)c(F)c1. The lowest BCUT2D eigenvalue weighted by Crippen LogP contribution is -2.27. The van der Waals surface area contributed by atoms with Gasteiger partial charge in [-0.1, -0.05) is 0 Å². The highest BCUT2D eigenvalue weighted by atomic mass is 35.5. The van der Waals surface area contributed by atoms with E-state index < -0.39 is 28.8 Å². The lowest BCUT2D eigenvalue weighted by Gasteiger charge is -2.07. The van der Waals surface area contributed by atoms with E-state index in [1.54, 1.807) is 6.92 Å². The topological polar surface area (TPSA) is 43.4 Å². The van der Waals surface area contributed by atoms with Crippen LogP contribution in [-0.4, -0.2) is 23.7 Å². The average molecular weight is 263 g/mol. The van der Waals surface area contributed by atoms with Crippen LogP contribution in [0, 0.1) is 11.6 Å². The minimum absolute atomic E-state index is 0.0765. The van der Waals surface area contributed by atoms with E-state index in [-0.39, 0.29) is 12.2 Å². The largest absolute Gasteiger partial charge is 0.465 e. The molecule has 1 unspecified atom stereocenters. The molecule has 1 rings (SSSR count). The number of halogens is 3. The summed E-state index contributed by atoms with van der Waals surface area (Å²) in [5.41, 5.74) is -0.183. The van der Waals surface area contributed by atoms with Gasteiger partial charge in [0.2, 0.25) is 0 Å². The normalized spacial score (nSPS) is 12.0. The molecule has 0 aliphatic heterocycles. The summed E-state index contributed by atoms with van der Waals surface area (Å²) in [7, 11) is 0. The number of ether oxygens (including phenoxy) is 1. The number of rotatable bonds is 4. The fourth-order valence-corrected chi connectivity index (χ4v) is 1.31. The summed E-state index contributed by atoms with van der Waals surface area (Å²) in [6.45, 7) is 1.64. The molecule has 92 valence electrons. The zero-order valence-corrected chi connectivity index (χ0v) is 9.63. The molecule has 0 saturated carbocycles. The molecule has 0 aliphatic rings. The summed E-state index contributed by atoms with van der Waals surface area (Å²) < 4.78 is 30.0. The third-order valence-electron chi connectivity index (χ3n) is 1.93. The molecule has 17 heavy (non-hydrogen) atoms. The molecule has 0 amide bonds. The predicted octanol–water partition coefficient (Wildman–Crippen LogP) is 2.32. The number of hydrogen-bond acceptors (Lipinski definition) is 3. The summed E-state index contributed by atoms with van der Waals surface area (Å²) >= 11 is 5.55. The maximum Gasteiger partial charge on any atom is 0.332 e. The highest BCUT2D eigenvalue weighted by Gasteiger charge is 2.27. The molecule has 0 fully saturated rings. The quantitative estimate of drug-likeness (QED) is 0.362. The van der Waals surface area contributed by atoms with E-state index in [4.69, 9.17) is 11.6 Å². The average Bonchev–Trinajstić information content (AvgIpc) is 2.31. The number of alkyl halides is 1. The molecule has 6 heteroatoms. The Morgan fingerprint density at radius 1 is 1.35 bits per heavy atom. The van der Waals surface area contributed by atoms with Crippen molar-refractivity contribution in [3.05, 3.63) is 35.4 Å². The van der Waals surface area contributed by atoms with Gasteiger partial charge >= 0.3 is 5.97 Å². The summed E-state index contributed by atoms with van der Waals surface area (Å²) in [6, 6.07) is 2.53. The summed E-state index contributed by atoms with van der Waals surface area (Å²) in [5.74, 6) is -4.00. The third-order valence-corrected chi connectivity index (χ3v) is 2.30. The Hall–Kier alpha value is -1.49. The van der Waals surface area contributed by atoms with Gasteiger partial charge in [-0.05, 0) is 25.1 Å². The molecular formula is C11H9ClF2O3. The van der Waals surface area contributed by atoms with Crippen LogP contribution in [0.3, 0.4) is 0 Å². The van der Waals surface area contributed by atoms with Crippen LogP contribution in [0.1, 0.15) is 17.3 Å². The standard InChI is InChI=1S/C11H9ClF2O3/c1-2-17-11(16)9(12)10(15)6-3-4-7(13)8(14)5-6/h3-5,9H,2H2,1H3. The minimum atomic E-state index is -1.56. The summed E-state index contributed by atoms with van der Waals surface area (Å²) in [4.78, 5) is 22.8. The third kappa shape index (κ3) is 3.23. The van der Waals surface area contributed by atoms with Crippen LogP contribution in [0.15, 0.2) is 18.2 Å². The fourth-order valence-electron chi connectivity index (χ4n) is 1.12. The Kier molecular flexibility index (Phi) is 4.57. The van der Waals surface area contributed by atoms with Gasteiger partial charge in [0, 0.05) is 5.56 Å². The van der Waals surface area contributed by atoms with Crippen molar-refractivity contribution in [3.63, 3.8) is 0 Å². The van der Waals surface area contributed by atoms with Gasteiger partial charge in [0.1, 0.15) is 0 Å². The van der Waals surface area contributed by atoms with Gasteiger partial charge in [-0.3, -0.25) is 4.79 Å². The lowest BCUT2D eigenvalue weighted by molar-refractivity contribution is -0.141. The van der Waals surface area contributed by atoms with E-state index in [2.05, 4.69) is 4.74 Å². The first kappa shape index (κ1) is 13.6. The second-order valence-electron chi connectivity index (χ2n) is 3.11. The van der Waals surface area contributed by atoms with Crippen molar-refractivity contribution < 1.29 is 23.1 Å². The van der Waals surface area contributed by atoms with Gasteiger partial charge in [-0.15, -0.1) is 11.6 Å². The van der Waals surface area contributed by atoms with Crippen LogP contribution in [0.25, 0.3) is 0 Å². The minimum Gasteiger partial charge on any atom is -0.465 e. The first-order valence-corrected chi connectivity index (χ1v) is 5.21. The molecule has 1 aromatic carbocycles. The van der Waals surface area contributed by atoms with Gasteiger partial charge in [0.25, 0.3) is 0 Å². The van der Waals surface area contributed by atoms with Crippen LogP contribution in [-0.2, 0) is 9.53 Å². The van der Waals surface area contributed by atoms with E-state index in [9.17, 15) is 18.4 Å². The van der Waals surface area contributed by atoms with E-state index in [1.165, 1.54) is 0 Å². The van der Waals surface area contributed by atoms with Gasteiger partial charge in [-0.2, -0.15) is 0 Å². The molecule has 3 nitrogen and oxygen atoms in total. The number of ketones is 1. The maximum atomic E-state index is 12.9. The number of hydrogen-bond donors (Lipinski definition) is 0. The van der Waals surface area contributed by atoms with Crippen molar-refractivity contribution in [2.24, 2.45) is 0 Å². The second kappa shape index (κ2) is 5.72. The number of carbonyl (C=O) groups is 2. The summed E-state index contributed by atoms with van der Waals surface area (Å²) in [5, 5.41) is -1.56. The molecule has 0 bridgehead atoms. The van der Waals surface area contributed by atoms with Crippen LogP contribution < -0.4 is 0 Å². The number of esters is 1. The van der Waals surface area contributed by atoms with Crippen molar-refractivity contribution >= 4 is 23.4 Å². The van der Waals surface area contributed by atoms with Crippen LogP contribution in [0.2, 0.25) is 0 Å². The molecule has 0 aromatic heterocycles. The fraction of sp³-hybridized carbons (Fsp3) is 0.273.